The summed E-state index contributed by atoms with van der Waals surface area (Å²) in [5, 5.41) is 0. The highest BCUT2D eigenvalue weighted by Crippen LogP contribution is 2.41. The number of para-hydroxylation sites is 1. The Kier molecular flexibility index (Phi) is 7.40. The van der Waals surface area contributed by atoms with Crippen LogP contribution in [0.4, 0.5) is 0 Å². The van der Waals surface area contributed by atoms with Gasteiger partial charge in [-0.05, 0) is 55.6 Å². The summed E-state index contributed by atoms with van der Waals surface area (Å²) in [5.41, 5.74) is 2.11. The number of likely N-dealkylation sites (tertiary alicyclic amines) is 2. The minimum absolute atomic E-state index is 0.0253. The molecule has 0 radical (unpaired) electrons. The number of piperidine rings is 2. The van der Waals surface area contributed by atoms with Crippen LogP contribution in [0.3, 0.4) is 0 Å². The second-order valence-electron chi connectivity index (χ2n) is 10.6. The average molecular weight is 475 g/mol. The van der Waals surface area contributed by atoms with Crippen LogP contribution in [0.2, 0.25) is 0 Å². The minimum Gasteiger partial charge on any atom is -0.496 e. The average Bonchev–Trinajstić information content (AvgIpc) is 3.43. The molecule has 2 saturated heterocycles. The van der Waals surface area contributed by atoms with Gasteiger partial charge in [0.15, 0.2) is 0 Å². The lowest BCUT2D eigenvalue weighted by Gasteiger charge is -2.48. The van der Waals surface area contributed by atoms with E-state index < -0.39 is 0 Å². The van der Waals surface area contributed by atoms with Crippen LogP contribution in [-0.2, 0) is 16.0 Å². The van der Waals surface area contributed by atoms with Crippen molar-refractivity contribution in [2.75, 3.05) is 26.7 Å². The van der Waals surface area contributed by atoms with E-state index in [9.17, 15) is 9.59 Å². The maximum absolute atomic E-state index is 14.1. The third-order valence-electron chi connectivity index (χ3n) is 8.53. The zero-order valence-electron chi connectivity index (χ0n) is 20.9. The monoisotopic (exact) mass is 474 g/mol. The van der Waals surface area contributed by atoms with Gasteiger partial charge in [-0.2, -0.15) is 0 Å². The molecule has 2 aromatic carbocycles. The fourth-order valence-corrected chi connectivity index (χ4v) is 6.77. The number of ether oxygens (including phenoxy) is 1. The number of amides is 2. The van der Waals surface area contributed by atoms with Crippen molar-refractivity contribution in [3.05, 3.63) is 65.7 Å². The molecule has 2 aliphatic heterocycles. The van der Waals surface area contributed by atoms with Gasteiger partial charge in [-0.25, -0.2) is 0 Å². The van der Waals surface area contributed by atoms with Crippen LogP contribution in [0.5, 0.6) is 5.75 Å². The predicted molar refractivity (Wildman–Crippen MR) is 137 cm³/mol. The fourth-order valence-electron chi connectivity index (χ4n) is 6.77. The Hall–Kier alpha value is -2.82. The van der Waals surface area contributed by atoms with E-state index >= 15 is 0 Å². The SMILES string of the molecule is COc1ccccc1CC(=O)N1CC[C@@H]2[C@H](CCCN2C(=O)[C@H](c2ccccc2)C2CCCC2)C1. The summed E-state index contributed by atoms with van der Waals surface area (Å²) in [7, 11) is 1.65. The van der Waals surface area contributed by atoms with Crippen molar-refractivity contribution in [2.24, 2.45) is 11.8 Å². The molecule has 0 N–H and O–H groups in total. The summed E-state index contributed by atoms with van der Waals surface area (Å²) in [4.78, 5) is 31.5. The second kappa shape index (κ2) is 10.8. The molecule has 1 aliphatic carbocycles. The molecule has 5 heteroatoms. The molecule has 2 aromatic rings. The maximum Gasteiger partial charge on any atom is 0.230 e. The van der Waals surface area contributed by atoms with Crippen LogP contribution in [-0.4, -0.2) is 54.4 Å². The van der Waals surface area contributed by atoms with Gasteiger partial charge in [0, 0.05) is 31.2 Å². The number of methoxy groups -OCH3 is 1. The molecule has 0 bridgehead atoms. The molecule has 3 atom stereocenters. The first-order chi connectivity index (χ1) is 17.2. The van der Waals surface area contributed by atoms with Gasteiger partial charge in [-0.3, -0.25) is 9.59 Å². The van der Waals surface area contributed by atoms with Crippen LogP contribution >= 0.6 is 0 Å². The largest absolute Gasteiger partial charge is 0.496 e. The molecule has 3 aliphatic rings. The minimum atomic E-state index is -0.0253. The number of nitrogens with zero attached hydrogens (tertiary/aromatic N) is 2. The Bertz CT molecular complexity index is 1020. The van der Waals surface area contributed by atoms with Gasteiger partial charge in [-0.15, -0.1) is 0 Å². The zero-order valence-corrected chi connectivity index (χ0v) is 20.9. The van der Waals surface area contributed by atoms with Crippen molar-refractivity contribution >= 4 is 11.8 Å². The van der Waals surface area contributed by atoms with Gasteiger partial charge in [0.1, 0.15) is 5.75 Å². The van der Waals surface area contributed by atoms with E-state index in [-0.39, 0.29) is 17.9 Å². The summed E-state index contributed by atoms with van der Waals surface area (Å²) in [6, 6.07) is 18.5. The van der Waals surface area contributed by atoms with Crippen LogP contribution < -0.4 is 4.74 Å². The molecule has 3 fully saturated rings. The lowest BCUT2D eigenvalue weighted by atomic mass is 9.79. The summed E-state index contributed by atoms with van der Waals surface area (Å²) < 4.78 is 5.45. The van der Waals surface area contributed by atoms with Crippen LogP contribution in [0.1, 0.15) is 62.0 Å². The van der Waals surface area contributed by atoms with Crippen molar-refractivity contribution in [1.82, 2.24) is 9.80 Å². The quantitative estimate of drug-likeness (QED) is 0.589. The molecular weight excluding hydrogens is 436 g/mol. The maximum atomic E-state index is 14.1. The highest BCUT2D eigenvalue weighted by atomic mass is 16.5. The molecule has 35 heavy (non-hydrogen) atoms. The number of benzene rings is 2. The predicted octanol–water partition coefficient (Wildman–Crippen LogP) is 5.05. The number of hydrogen-bond acceptors (Lipinski definition) is 3. The molecule has 0 unspecified atom stereocenters. The molecule has 5 rings (SSSR count). The van der Waals surface area contributed by atoms with Gasteiger partial charge in [0.2, 0.25) is 11.8 Å². The van der Waals surface area contributed by atoms with E-state index in [0.717, 1.165) is 63.1 Å². The van der Waals surface area contributed by atoms with Gasteiger partial charge in [0.25, 0.3) is 0 Å². The smallest absolute Gasteiger partial charge is 0.230 e. The molecular formula is C30H38N2O3. The lowest BCUT2D eigenvalue weighted by molar-refractivity contribution is -0.143. The van der Waals surface area contributed by atoms with Crippen molar-refractivity contribution in [2.45, 2.75) is 63.3 Å². The number of carbonyl (C=O) groups is 2. The highest BCUT2D eigenvalue weighted by Gasteiger charge is 2.43. The first-order valence-corrected chi connectivity index (χ1v) is 13.4. The summed E-state index contributed by atoms with van der Waals surface area (Å²) in [6.45, 7) is 2.32. The molecule has 2 heterocycles. The third-order valence-corrected chi connectivity index (χ3v) is 8.53. The van der Waals surface area contributed by atoms with E-state index in [0.29, 0.717) is 24.2 Å². The number of carbonyl (C=O) groups excluding carboxylic acids is 2. The van der Waals surface area contributed by atoms with Gasteiger partial charge < -0.3 is 14.5 Å². The lowest BCUT2D eigenvalue weighted by Crippen LogP contribution is -2.57. The first-order valence-electron chi connectivity index (χ1n) is 13.4. The molecule has 2 amide bonds. The third kappa shape index (κ3) is 5.10. The Morgan fingerprint density at radius 1 is 0.914 bits per heavy atom. The number of rotatable bonds is 6. The van der Waals surface area contributed by atoms with E-state index in [2.05, 4.69) is 29.2 Å². The van der Waals surface area contributed by atoms with Crippen molar-refractivity contribution in [3.8, 4) is 5.75 Å². The van der Waals surface area contributed by atoms with E-state index in [1.165, 1.54) is 18.4 Å². The van der Waals surface area contributed by atoms with Crippen LogP contribution in [0, 0.1) is 11.8 Å². The Labute approximate surface area is 209 Å². The Morgan fingerprint density at radius 3 is 2.43 bits per heavy atom. The van der Waals surface area contributed by atoms with E-state index in [1.807, 2.05) is 35.2 Å². The summed E-state index contributed by atoms with van der Waals surface area (Å²) >= 11 is 0. The number of fused-ring (bicyclic) bond motifs is 1. The normalized spacial score (nSPS) is 23.6. The molecule has 0 spiro atoms. The van der Waals surface area contributed by atoms with E-state index in [4.69, 9.17) is 4.74 Å². The van der Waals surface area contributed by atoms with Crippen molar-refractivity contribution in [3.63, 3.8) is 0 Å². The summed E-state index contributed by atoms with van der Waals surface area (Å²) in [5.74, 6) is 2.04. The topological polar surface area (TPSA) is 49.9 Å². The molecule has 5 nitrogen and oxygen atoms in total. The molecule has 0 aromatic heterocycles. The van der Waals surface area contributed by atoms with Crippen molar-refractivity contribution in [1.29, 1.82) is 0 Å². The second-order valence-corrected chi connectivity index (χ2v) is 10.6. The van der Waals surface area contributed by atoms with Gasteiger partial charge in [0.05, 0.1) is 19.4 Å². The van der Waals surface area contributed by atoms with Gasteiger partial charge in [-0.1, -0.05) is 61.4 Å². The van der Waals surface area contributed by atoms with Gasteiger partial charge >= 0.3 is 0 Å². The number of hydrogen-bond donors (Lipinski definition) is 0. The summed E-state index contributed by atoms with van der Waals surface area (Å²) in [6.07, 6.45) is 8.12. The zero-order chi connectivity index (χ0) is 24.2. The molecule has 1 saturated carbocycles. The van der Waals surface area contributed by atoms with Crippen LogP contribution in [0.25, 0.3) is 0 Å². The van der Waals surface area contributed by atoms with E-state index in [1.54, 1.807) is 7.11 Å². The van der Waals surface area contributed by atoms with Crippen LogP contribution in [0.15, 0.2) is 54.6 Å². The Morgan fingerprint density at radius 2 is 1.66 bits per heavy atom. The van der Waals surface area contributed by atoms with Crippen molar-refractivity contribution < 1.29 is 14.3 Å². The fraction of sp³-hybridized carbons (Fsp3) is 0.533. The first kappa shape index (κ1) is 23.9. The standard InChI is InChI=1S/C30H38N2O3/c1-35-27-16-8-7-14-24(27)20-28(33)31-19-17-26-25(21-31)15-9-18-32(26)30(34)29(23-12-5-6-13-23)22-10-3-2-4-11-22/h2-4,7-8,10-11,14,16,23,25-26,29H,5-6,9,12-13,15,17-21H2,1H3/t25-,26-,29-/m1/s1. The Balaban J connectivity index is 1.28. The molecule has 186 valence electrons. The highest BCUT2D eigenvalue weighted by molar-refractivity contribution is 5.85.